The maximum absolute atomic E-state index is 13.3. The molecule has 2 N–H and O–H groups in total. The Balaban J connectivity index is 1.58. The van der Waals surface area contributed by atoms with Crippen LogP contribution in [0.25, 0.3) is 0 Å². The fraction of sp³-hybridized carbons (Fsp3) is 0.182. The molecule has 3 aromatic rings. The average Bonchev–Trinajstić information content (AvgIpc) is 2.72. The Hall–Kier alpha value is -3.21. The third-order valence-electron chi connectivity index (χ3n) is 4.30. The van der Waals surface area contributed by atoms with Crippen LogP contribution in [0, 0.1) is 5.82 Å². The van der Waals surface area contributed by atoms with Crippen LogP contribution in [-0.2, 0) is 4.79 Å². The third-order valence-corrected chi connectivity index (χ3v) is 4.30. The third kappa shape index (κ3) is 5.64. The first-order chi connectivity index (χ1) is 13.2. The van der Waals surface area contributed by atoms with Crippen molar-refractivity contribution in [3.8, 4) is 0 Å². The summed E-state index contributed by atoms with van der Waals surface area (Å²) in [5, 5.41) is 6.14. The molecular formula is C22H22FN3O. The molecule has 27 heavy (non-hydrogen) atoms. The summed E-state index contributed by atoms with van der Waals surface area (Å²) < 4.78 is 13.3. The molecule has 0 unspecified atom stereocenters. The van der Waals surface area contributed by atoms with Crippen LogP contribution in [-0.4, -0.2) is 24.0 Å². The fourth-order valence-corrected chi connectivity index (χ4v) is 2.94. The van der Waals surface area contributed by atoms with Crippen LogP contribution in [0.2, 0.25) is 0 Å². The molecule has 2 aromatic carbocycles. The van der Waals surface area contributed by atoms with Crippen LogP contribution >= 0.6 is 0 Å². The number of nitrogens with one attached hydrogen (secondary N) is 2. The first-order valence-electron chi connectivity index (χ1n) is 8.93. The quantitative estimate of drug-likeness (QED) is 0.596. The first kappa shape index (κ1) is 18.6. The van der Waals surface area contributed by atoms with Crippen molar-refractivity contribution >= 4 is 11.6 Å². The number of rotatable bonds is 8. The van der Waals surface area contributed by atoms with Gasteiger partial charge in [0.15, 0.2) is 0 Å². The fourth-order valence-electron chi connectivity index (χ4n) is 2.94. The van der Waals surface area contributed by atoms with Gasteiger partial charge in [0.05, 0.1) is 5.69 Å². The summed E-state index contributed by atoms with van der Waals surface area (Å²) in [7, 11) is 0. The summed E-state index contributed by atoms with van der Waals surface area (Å²) in [4.78, 5) is 16.5. The van der Waals surface area contributed by atoms with Crippen LogP contribution in [0.1, 0.15) is 23.5 Å². The van der Waals surface area contributed by atoms with Gasteiger partial charge in [0, 0.05) is 37.8 Å². The molecule has 1 heterocycles. The minimum atomic E-state index is -0.281. The number of nitrogens with zero attached hydrogens (tertiary/aromatic N) is 1. The minimum Gasteiger partial charge on any atom is -0.382 e. The smallest absolute Gasteiger partial charge is 0.221 e. The molecule has 1 atom stereocenters. The molecule has 0 saturated carbocycles. The Morgan fingerprint density at radius 3 is 2.37 bits per heavy atom. The Morgan fingerprint density at radius 2 is 1.67 bits per heavy atom. The van der Waals surface area contributed by atoms with Crippen molar-refractivity contribution in [2.45, 2.75) is 12.3 Å². The van der Waals surface area contributed by atoms with E-state index in [1.54, 1.807) is 24.5 Å². The van der Waals surface area contributed by atoms with Gasteiger partial charge in [-0.1, -0.05) is 42.5 Å². The number of hydrogen-bond donors (Lipinski definition) is 2. The molecule has 3 rings (SSSR count). The van der Waals surface area contributed by atoms with E-state index >= 15 is 0 Å². The number of anilines is 1. The monoisotopic (exact) mass is 363 g/mol. The van der Waals surface area contributed by atoms with Crippen LogP contribution in [0.3, 0.4) is 0 Å². The van der Waals surface area contributed by atoms with E-state index in [0.29, 0.717) is 19.5 Å². The molecule has 0 fully saturated rings. The molecule has 0 bridgehead atoms. The normalized spacial score (nSPS) is 11.6. The standard InChI is InChI=1S/C22H22FN3O/c23-19-10-8-18(9-11-19)21(17-5-2-1-3-6-17)15-22(27)26-14-13-25-20-7-4-12-24-16-20/h1-12,16,21,25H,13-15H2,(H,26,27)/t21-/m0/s1. The average molecular weight is 363 g/mol. The lowest BCUT2D eigenvalue weighted by atomic mass is 9.88. The molecule has 0 aliphatic rings. The van der Waals surface area contributed by atoms with Gasteiger partial charge in [0.1, 0.15) is 5.82 Å². The summed E-state index contributed by atoms with van der Waals surface area (Å²) in [6.45, 7) is 1.13. The number of benzene rings is 2. The Morgan fingerprint density at radius 1 is 0.926 bits per heavy atom. The first-order valence-corrected chi connectivity index (χ1v) is 8.93. The SMILES string of the molecule is O=C(C[C@@H](c1ccccc1)c1ccc(F)cc1)NCCNc1cccnc1. The zero-order chi connectivity index (χ0) is 18.9. The molecular weight excluding hydrogens is 341 g/mol. The van der Waals surface area contributed by atoms with Gasteiger partial charge in [0.25, 0.3) is 0 Å². The van der Waals surface area contributed by atoms with Gasteiger partial charge in [0.2, 0.25) is 5.91 Å². The molecule has 1 amide bonds. The van der Waals surface area contributed by atoms with Gasteiger partial charge in [-0.15, -0.1) is 0 Å². The van der Waals surface area contributed by atoms with Gasteiger partial charge in [-0.2, -0.15) is 0 Å². The summed E-state index contributed by atoms with van der Waals surface area (Å²) in [6, 6.07) is 19.9. The maximum atomic E-state index is 13.3. The van der Waals surface area contributed by atoms with E-state index < -0.39 is 0 Å². The van der Waals surface area contributed by atoms with Gasteiger partial charge < -0.3 is 10.6 Å². The molecule has 5 heteroatoms. The zero-order valence-electron chi connectivity index (χ0n) is 14.9. The molecule has 4 nitrogen and oxygen atoms in total. The number of amides is 1. The lowest BCUT2D eigenvalue weighted by Crippen LogP contribution is -2.30. The number of carbonyl (C=O) groups is 1. The highest BCUT2D eigenvalue weighted by molar-refractivity contribution is 5.77. The highest BCUT2D eigenvalue weighted by Crippen LogP contribution is 2.28. The van der Waals surface area contributed by atoms with Gasteiger partial charge in [-0.05, 0) is 35.4 Å². The summed E-state index contributed by atoms with van der Waals surface area (Å²) in [6.07, 6.45) is 3.76. The predicted molar refractivity (Wildman–Crippen MR) is 105 cm³/mol. The second kappa shape index (κ2) is 9.48. The van der Waals surface area contributed by atoms with Crippen molar-refractivity contribution < 1.29 is 9.18 Å². The van der Waals surface area contributed by atoms with E-state index in [1.165, 1.54) is 12.1 Å². The van der Waals surface area contributed by atoms with Crippen LogP contribution < -0.4 is 10.6 Å². The van der Waals surface area contributed by atoms with Crippen LogP contribution in [0.15, 0.2) is 79.1 Å². The molecule has 0 radical (unpaired) electrons. The van der Waals surface area contributed by atoms with Crippen molar-refractivity contribution in [3.05, 3.63) is 96.1 Å². The molecule has 0 spiro atoms. The van der Waals surface area contributed by atoms with E-state index in [-0.39, 0.29) is 17.6 Å². The van der Waals surface area contributed by atoms with Gasteiger partial charge >= 0.3 is 0 Å². The number of aromatic nitrogens is 1. The van der Waals surface area contributed by atoms with Crippen molar-refractivity contribution in [2.75, 3.05) is 18.4 Å². The zero-order valence-corrected chi connectivity index (χ0v) is 14.9. The summed E-state index contributed by atoms with van der Waals surface area (Å²) >= 11 is 0. The molecule has 0 saturated heterocycles. The molecule has 0 aliphatic carbocycles. The highest BCUT2D eigenvalue weighted by Gasteiger charge is 2.18. The Bertz CT molecular complexity index is 838. The van der Waals surface area contributed by atoms with Crippen LogP contribution in [0.5, 0.6) is 0 Å². The maximum Gasteiger partial charge on any atom is 0.221 e. The Kier molecular flexibility index (Phi) is 6.52. The van der Waals surface area contributed by atoms with Gasteiger partial charge in [-0.3, -0.25) is 9.78 Å². The van der Waals surface area contributed by atoms with Crippen molar-refractivity contribution in [1.29, 1.82) is 0 Å². The predicted octanol–water partition coefficient (Wildman–Crippen LogP) is 3.97. The van der Waals surface area contributed by atoms with E-state index in [4.69, 9.17) is 0 Å². The summed E-state index contributed by atoms with van der Waals surface area (Å²) in [5.74, 6) is -0.435. The number of halogens is 1. The van der Waals surface area contributed by atoms with Gasteiger partial charge in [-0.25, -0.2) is 4.39 Å². The Labute approximate surface area is 158 Å². The van der Waals surface area contributed by atoms with E-state index in [2.05, 4.69) is 15.6 Å². The van der Waals surface area contributed by atoms with Crippen molar-refractivity contribution in [3.63, 3.8) is 0 Å². The topological polar surface area (TPSA) is 54.0 Å². The number of carbonyl (C=O) groups excluding carboxylic acids is 1. The number of pyridine rings is 1. The van der Waals surface area contributed by atoms with E-state index in [1.807, 2.05) is 42.5 Å². The molecule has 138 valence electrons. The number of hydrogen-bond acceptors (Lipinski definition) is 3. The lowest BCUT2D eigenvalue weighted by molar-refractivity contribution is -0.121. The van der Waals surface area contributed by atoms with E-state index in [0.717, 1.165) is 16.8 Å². The second-order valence-electron chi connectivity index (χ2n) is 6.24. The molecule has 0 aliphatic heterocycles. The van der Waals surface area contributed by atoms with Crippen LogP contribution in [0.4, 0.5) is 10.1 Å². The second-order valence-corrected chi connectivity index (χ2v) is 6.24. The lowest BCUT2D eigenvalue weighted by Gasteiger charge is -2.18. The van der Waals surface area contributed by atoms with Crippen molar-refractivity contribution in [2.24, 2.45) is 0 Å². The minimum absolute atomic E-state index is 0.0406. The van der Waals surface area contributed by atoms with E-state index in [9.17, 15) is 9.18 Å². The summed E-state index contributed by atoms with van der Waals surface area (Å²) in [5.41, 5.74) is 2.87. The highest BCUT2D eigenvalue weighted by atomic mass is 19.1. The molecule has 1 aromatic heterocycles. The van der Waals surface area contributed by atoms with Crippen molar-refractivity contribution in [1.82, 2.24) is 10.3 Å². The largest absolute Gasteiger partial charge is 0.382 e.